The summed E-state index contributed by atoms with van der Waals surface area (Å²) in [5.74, 6) is -0.836. The van der Waals surface area contributed by atoms with Crippen molar-refractivity contribution in [2.45, 2.75) is 6.54 Å². The number of nitro groups is 1. The molecular formula is C7H6FIN2O2. The molecule has 0 unspecified atom stereocenters. The summed E-state index contributed by atoms with van der Waals surface area (Å²) in [6.45, 7) is 0.172. The molecule has 1 rings (SSSR count). The van der Waals surface area contributed by atoms with Crippen LogP contribution in [0.1, 0.15) is 5.56 Å². The Morgan fingerprint density at radius 2 is 2.23 bits per heavy atom. The van der Waals surface area contributed by atoms with E-state index in [0.717, 1.165) is 6.07 Å². The number of rotatable bonds is 2. The molecule has 0 aliphatic rings. The van der Waals surface area contributed by atoms with Gasteiger partial charge < -0.3 is 5.73 Å². The quantitative estimate of drug-likeness (QED) is 0.514. The van der Waals surface area contributed by atoms with E-state index in [2.05, 4.69) is 0 Å². The topological polar surface area (TPSA) is 69.2 Å². The van der Waals surface area contributed by atoms with Crippen molar-refractivity contribution in [3.63, 3.8) is 0 Å². The molecule has 0 spiro atoms. The van der Waals surface area contributed by atoms with Gasteiger partial charge in [-0.1, -0.05) is 0 Å². The highest BCUT2D eigenvalue weighted by Gasteiger charge is 2.19. The summed E-state index contributed by atoms with van der Waals surface area (Å²) >= 11 is 1.71. The van der Waals surface area contributed by atoms with Gasteiger partial charge in [-0.05, 0) is 40.3 Å². The molecule has 13 heavy (non-hydrogen) atoms. The van der Waals surface area contributed by atoms with Crippen LogP contribution < -0.4 is 5.73 Å². The van der Waals surface area contributed by atoms with Gasteiger partial charge in [0.15, 0.2) is 0 Å². The van der Waals surface area contributed by atoms with E-state index < -0.39 is 16.4 Å². The van der Waals surface area contributed by atoms with Crippen LogP contribution in [0.25, 0.3) is 0 Å². The molecule has 0 atom stereocenters. The average molecular weight is 296 g/mol. The number of benzene rings is 1. The smallest absolute Gasteiger partial charge is 0.317 e. The van der Waals surface area contributed by atoms with Crippen LogP contribution >= 0.6 is 22.6 Å². The van der Waals surface area contributed by atoms with Crippen molar-refractivity contribution in [1.82, 2.24) is 0 Å². The van der Waals surface area contributed by atoms with Gasteiger partial charge in [0.05, 0.1) is 8.49 Å². The molecule has 2 N–H and O–H groups in total. The van der Waals surface area contributed by atoms with Gasteiger partial charge in [-0.2, -0.15) is 4.39 Å². The number of nitrogens with two attached hydrogens (primary N) is 1. The van der Waals surface area contributed by atoms with Gasteiger partial charge >= 0.3 is 5.69 Å². The van der Waals surface area contributed by atoms with E-state index >= 15 is 0 Å². The second-order valence-corrected chi connectivity index (χ2v) is 3.53. The molecule has 0 saturated carbocycles. The Labute approximate surface area is 87.2 Å². The molecule has 0 aliphatic carbocycles. The first-order valence-corrected chi connectivity index (χ1v) is 4.46. The summed E-state index contributed by atoms with van der Waals surface area (Å²) in [7, 11) is 0. The lowest BCUT2D eigenvalue weighted by Gasteiger charge is -2.00. The van der Waals surface area contributed by atoms with Crippen molar-refractivity contribution in [1.29, 1.82) is 0 Å². The molecule has 0 aromatic heterocycles. The Morgan fingerprint density at radius 1 is 1.62 bits per heavy atom. The van der Waals surface area contributed by atoms with E-state index in [0.29, 0.717) is 5.56 Å². The standard InChI is InChI=1S/C7H6FIN2O2/c8-5-1-4(3-10)2-6(9)7(5)11(12)13/h1-2H,3,10H2. The molecular weight excluding hydrogens is 290 g/mol. The first kappa shape index (κ1) is 10.3. The Bertz CT molecular complexity index is 333. The van der Waals surface area contributed by atoms with Crippen LogP contribution in [0.15, 0.2) is 12.1 Å². The van der Waals surface area contributed by atoms with Crippen LogP contribution in [0, 0.1) is 19.5 Å². The van der Waals surface area contributed by atoms with Crippen molar-refractivity contribution in [3.05, 3.63) is 37.2 Å². The maximum Gasteiger partial charge on any atom is 0.317 e. The summed E-state index contributed by atoms with van der Waals surface area (Å²) in [6, 6.07) is 2.59. The Kier molecular flexibility index (Phi) is 3.15. The number of hydrogen-bond donors (Lipinski definition) is 1. The maximum absolute atomic E-state index is 13.0. The summed E-state index contributed by atoms with van der Waals surface area (Å²) in [5.41, 5.74) is 5.33. The number of nitrogens with zero attached hydrogens (tertiary/aromatic N) is 1. The van der Waals surface area contributed by atoms with Gasteiger partial charge in [-0.25, -0.2) is 0 Å². The first-order valence-electron chi connectivity index (χ1n) is 3.38. The summed E-state index contributed by atoms with van der Waals surface area (Å²) in [5, 5.41) is 10.4. The number of hydrogen-bond acceptors (Lipinski definition) is 3. The Hall–Kier alpha value is -0.760. The minimum Gasteiger partial charge on any atom is -0.326 e. The molecule has 0 heterocycles. The molecule has 6 heteroatoms. The van der Waals surface area contributed by atoms with E-state index in [-0.39, 0.29) is 10.1 Å². The molecule has 0 saturated heterocycles. The minimum atomic E-state index is -0.836. The average Bonchev–Trinajstić information content (AvgIpc) is 2.02. The third-order valence-corrected chi connectivity index (χ3v) is 2.32. The van der Waals surface area contributed by atoms with E-state index in [1.165, 1.54) is 6.07 Å². The summed E-state index contributed by atoms with van der Waals surface area (Å²) in [6.07, 6.45) is 0. The number of halogens is 2. The third-order valence-electron chi connectivity index (χ3n) is 1.49. The predicted molar refractivity (Wildman–Crippen MR) is 53.7 cm³/mol. The lowest BCUT2D eigenvalue weighted by Crippen LogP contribution is -2.01. The summed E-state index contributed by atoms with van der Waals surface area (Å²) in [4.78, 5) is 9.63. The molecule has 1 aromatic carbocycles. The fourth-order valence-electron chi connectivity index (χ4n) is 0.910. The van der Waals surface area contributed by atoms with Gasteiger partial charge in [-0.3, -0.25) is 10.1 Å². The van der Waals surface area contributed by atoms with Crippen LogP contribution in [0.5, 0.6) is 0 Å². The van der Waals surface area contributed by atoms with Crippen LogP contribution in [-0.2, 0) is 6.54 Å². The fourth-order valence-corrected chi connectivity index (χ4v) is 1.76. The molecule has 0 bridgehead atoms. The zero-order chi connectivity index (χ0) is 10.0. The van der Waals surface area contributed by atoms with E-state index in [4.69, 9.17) is 5.73 Å². The van der Waals surface area contributed by atoms with E-state index in [1.807, 2.05) is 0 Å². The Morgan fingerprint density at radius 3 is 2.62 bits per heavy atom. The lowest BCUT2D eigenvalue weighted by atomic mass is 10.2. The van der Waals surface area contributed by atoms with Gasteiger partial charge in [0.1, 0.15) is 0 Å². The van der Waals surface area contributed by atoms with Crippen LogP contribution in [-0.4, -0.2) is 4.92 Å². The molecule has 70 valence electrons. The highest BCUT2D eigenvalue weighted by molar-refractivity contribution is 14.1. The largest absolute Gasteiger partial charge is 0.326 e. The highest BCUT2D eigenvalue weighted by Crippen LogP contribution is 2.25. The minimum absolute atomic E-state index is 0.172. The SMILES string of the molecule is NCc1cc(F)c([N+](=O)[O-])c(I)c1. The monoisotopic (exact) mass is 296 g/mol. The third kappa shape index (κ3) is 2.13. The first-order chi connectivity index (χ1) is 6.06. The predicted octanol–water partition coefficient (Wildman–Crippen LogP) is 1.80. The van der Waals surface area contributed by atoms with Crippen molar-refractivity contribution >= 4 is 28.3 Å². The molecule has 4 nitrogen and oxygen atoms in total. The summed E-state index contributed by atoms with van der Waals surface area (Å²) < 4.78 is 13.3. The normalized spacial score (nSPS) is 10.1. The Balaban J connectivity index is 3.31. The van der Waals surface area contributed by atoms with E-state index in [1.54, 1.807) is 22.6 Å². The lowest BCUT2D eigenvalue weighted by molar-refractivity contribution is -0.388. The van der Waals surface area contributed by atoms with Gasteiger partial charge in [-0.15, -0.1) is 0 Å². The van der Waals surface area contributed by atoms with Crippen LogP contribution in [0.3, 0.4) is 0 Å². The van der Waals surface area contributed by atoms with Crippen LogP contribution in [0.4, 0.5) is 10.1 Å². The second kappa shape index (κ2) is 3.97. The van der Waals surface area contributed by atoms with Gasteiger partial charge in [0.2, 0.25) is 5.82 Å². The molecule has 0 amide bonds. The van der Waals surface area contributed by atoms with Gasteiger partial charge in [0.25, 0.3) is 0 Å². The van der Waals surface area contributed by atoms with Crippen molar-refractivity contribution in [3.8, 4) is 0 Å². The molecule has 1 aromatic rings. The van der Waals surface area contributed by atoms with Crippen LogP contribution in [0.2, 0.25) is 0 Å². The zero-order valence-electron chi connectivity index (χ0n) is 6.46. The van der Waals surface area contributed by atoms with Crippen molar-refractivity contribution in [2.75, 3.05) is 0 Å². The molecule has 0 aliphatic heterocycles. The highest BCUT2D eigenvalue weighted by atomic mass is 127. The van der Waals surface area contributed by atoms with Gasteiger partial charge in [0, 0.05) is 6.54 Å². The van der Waals surface area contributed by atoms with E-state index in [9.17, 15) is 14.5 Å². The zero-order valence-corrected chi connectivity index (χ0v) is 8.62. The molecule has 0 fully saturated rings. The second-order valence-electron chi connectivity index (χ2n) is 2.37. The fraction of sp³-hybridized carbons (Fsp3) is 0.143. The van der Waals surface area contributed by atoms with Crippen molar-refractivity contribution in [2.24, 2.45) is 5.73 Å². The van der Waals surface area contributed by atoms with Crippen molar-refractivity contribution < 1.29 is 9.31 Å². The maximum atomic E-state index is 13.0. The molecule has 0 radical (unpaired) electrons. The number of nitro benzene ring substituents is 1.